The fourth-order valence-electron chi connectivity index (χ4n) is 3.94. The Kier molecular flexibility index (Phi) is 5.50. The number of rotatable bonds is 6. The van der Waals surface area contributed by atoms with Gasteiger partial charge < -0.3 is 9.64 Å². The van der Waals surface area contributed by atoms with Crippen LogP contribution in [-0.4, -0.2) is 71.1 Å². The second kappa shape index (κ2) is 7.61. The van der Waals surface area contributed by atoms with Crippen LogP contribution in [-0.2, 0) is 23.1 Å². The fraction of sp³-hybridized carbons (Fsp3) is 0.824. The molecule has 1 aromatic rings. The van der Waals surface area contributed by atoms with Crippen LogP contribution in [0, 0.1) is 5.92 Å². The monoisotopic (exact) mass is 335 g/mol. The highest BCUT2D eigenvalue weighted by atomic mass is 16.5. The Morgan fingerprint density at radius 1 is 1.33 bits per heavy atom. The third-order valence-corrected chi connectivity index (χ3v) is 5.22. The minimum Gasteiger partial charge on any atom is -0.371 e. The van der Waals surface area contributed by atoms with Gasteiger partial charge in [0.05, 0.1) is 12.3 Å². The molecule has 134 valence electrons. The van der Waals surface area contributed by atoms with E-state index in [1.807, 2.05) is 11.7 Å². The molecule has 7 nitrogen and oxygen atoms in total. The Morgan fingerprint density at radius 3 is 2.79 bits per heavy atom. The zero-order valence-corrected chi connectivity index (χ0v) is 15.1. The summed E-state index contributed by atoms with van der Waals surface area (Å²) >= 11 is 0. The second-order valence-electron chi connectivity index (χ2n) is 7.39. The number of carbonyl (C=O) groups excluding carboxylic acids is 1. The van der Waals surface area contributed by atoms with Crippen LogP contribution in [0.2, 0.25) is 0 Å². The summed E-state index contributed by atoms with van der Waals surface area (Å²) in [6, 6.07) is 0. The third kappa shape index (κ3) is 3.95. The van der Waals surface area contributed by atoms with Crippen molar-refractivity contribution in [2.75, 3.05) is 40.4 Å². The van der Waals surface area contributed by atoms with E-state index < -0.39 is 0 Å². The molecule has 1 fully saturated rings. The number of hydrogen-bond donors (Lipinski definition) is 0. The SMILES string of the molecule is CN(C)C(=O)COC[C@@H]1CN(CC2CCCC2)Cc2nnn(C)c21. The maximum Gasteiger partial charge on any atom is 0.248 e. The lowest BCUT2D eigenvalue weighted by atomic mass is 9.97. The maximum atomic E-state index is 11.7. The number of aryl methyl sites for hydroxylation is 1. The first-order valence-corrected chi connectivity index (χ1v) is 8.93. The largest absolute Gasteiger partial charge is 0.371 e. The standard InChI is InChI=1S/C17H29N5O2/c1-20(2)16(23)12-24-11-14-9-22(8-13-6-4-5-7-13)10-15-17(14)21(3)19-18-15/h13-14H,4-12H2,1-3H3/t14-/m0/s1. The van der Waals surface area contributed by atoms with E-state index in [1.165, 1.54) is 25.7 Å². The van der Waals surface area contributed by atoms with E-state index in [-0.39, 0.29) is 18.4 Å². The van der Waals surface area contributed by atoms with Crippen LogP contribution in [0.3, 0.4) is 0 Å². The molecule has 1 aliphatic carbocycles. The second-order valence-corrected chi connectivity index (χ2v) is 7.39. The summed E-state index contributed by atoms with van der Waals surface area (Å²) in [4.78, 5) is 15.8. The molecule has 1 aromatic heterocycles. The number of hydrogen-bond acceptors (Lipinski definition) is 5. The van der Waals surface area contributed by atoms with Gasteiger partial charge in [0.1, 0.15) is 12.3 Å². The van der Waals surface area contributed by atoms with Crippen LogP contribution in [0.1, 0.15) is 43.0 Å². The summed E-state index contributed by atoms with van der Waals surface area (Å²) in [5, 5.41) is 8.54. The van der Waals surface area contributed by atoms with Gasteiger partial charge >= 0.3 is 0 Å². The van der Waals surface area contributed by atoms with Gasteiger partial charge in [-0.15, -0.1) is 5.10 Å². The van der Waals surface area contributed by atoms with E-state index in [0.29, 0.717) is 6.61 Å². The number of amides is 1. The van der Waals surface area contributed by atoms with Gasteiger partial charge in [0, 0.05) is 46.7 Å². The van der Waals surface area contributed by atoms with E-state index in [1.54, 1.807) is 19.0 Å². The first-order valence-electron chi connectivity index (χ1n) is 8.93. The Labute approximate surface area is 143 Å². The van der Waals surface area contributed by atoms with E-state index in [2.05, 4.69) is 15.2 Å². The first-order chi connectivity index (χ1) is 11.5. The predicted octanol–water partition coefficient (Wildman–Crippen LogP) is 1.01. The molecule has 0 saturated heterocycles. The molecule has 1 aliphatic heterocycles. The highest BCUT2D eigenvalue weighted by Gasteiger charge is 2.31. The van der Waals surface area contributed by atoms with Crippen molar-refractivity contribution >= 4 is 5.91 Å². The molecule has 24 heavy (non-hydrogen) atoms. The Morgan fingerprint density at radius 2 is 2.08 bits per heavy atom. The molecule has 0 aromatic carbocycles. The average Bonchev–Trinajstić information content (AvgIpc) is 3.17. The van der Waals surface area contributed by atoms with E-state index >= 15 is 0 Å². The lowest BCUT2D eigenvalue weighted by molar-refractivity contribution is -0.133. The molecule has 2 aliphatic rings. The van der Waals surface area contributed by atoms with Crippen LogP contribution in [0.5, 0.6) is 0 Å². The third-order valence-electron chi connectivity index (χ3n) is 5.22. The minimum atomic E-state index is -0.00280. The maximum absolute atomic E-state index is 11.7. The highest BCUT2D eigenvalue weighted by molar-refractivity contribution is 5.76. The lowest BCUT2D eigenvalue weighted by Gasteiger charge is -2.33. The van der Waals surface area contributed by atoms with Crippen molar-refractivity contribution in [3.05, 3.63) is 11.4 Å². The molecule has 1 atom stereocenters. The zero-order chi connectivity index (χ0) is 17.1. The molecule has 1 amide bonds. The average molecular weight is 335 g/mol. The van der Waals surface area contributed by atoms with Gasteiger partial charge in [0.15, 0.2) is 0 Å². The van der Waals surface area contributed by atoms with Crippen LogP contribution in [0.4, 0.5) is 0 Å². The summed E-state index contributed by atoms with van der Waals surface area (Å²) in [5.74, 6) is 1.04. The van der Waals surface area contributed by atoms with Crippen molar-refractivity contribution in [1.82, 2.24) is 24.8 Å². The zero-order valence-electron chi connectivity index (χ0n) is 15.1. The molecule has 0 N–H and O–H groups in total. The Hall–Kier alpha value is -1.47. The number of ether oxygens (including phenoxy) is 1. The fourth-order valence-corrected chi connectivity index (χ4v) is 3.94. The minimum absolute atomic E-state index is 0.00280. The number of carbonyl (C=O) groups is 1. The topological polar surface area (TPSA) is 63.5 Å². The van der Waals surface area contributed by atoms with Crippen LogP contribution in [0.15, 0.2) is 0 Å². The Balaban J connectivity index is 1.62. The van der Waals surface area contributed by atoms with Crippen molar-refractivity contribution in [2.24, 2.45) is 13.0 Å². The first kappa shape index (κ1) is 17.4. The molecule has 0 bridgehead atoms. The van der Waals surface area contributed by atoms with Crippen molar-refractivity contribution in [3.63, 3.8) is 0 Å². The van der Waals surface area contributed by atoms with Crippen molar-refractivity contribution in [3.8, 4) is 0 Å². The molecule has 0 unspecified atom stereocenters. The normalized spacial score (nSPS) is 21.9. The van der Waals surface area contributed by atoms with Crippen LogP contribution < -0.4 is 0 Å². The summed E-state index contributed by atoms with van der Waals surface area (Å²) < 4.78 is 7.57. The van der Waals surface area contributed by atoms with Gasteiger partial charge in [-0.05, 0) is 18.8 Å². The number of fused-ring (bicyclic) bond motifs is 1. The van der Waals surface area contributed by atoms with Gasteiger partial charge in [-0.3, -0.25) is 14.4 Å². The highest BCUT2D eigenvalue weighted by Crippen LogP contribution is 2.31. The van der Waals surface area contributed by atoms with Gasteiger partial charge in [0.2, 0.25) is 5.91 Å². The summed E-state index contributed by atoms with van der Waals surface area (Å²) in [7, 11) is 5.44. The molecular formula is C17H29N5O2. The number of likely N-dealkylation sites (N-methyl/N-ethyl adjacent to an activating group) is 1. The predicted molar refractivity (Wildman–Crippen MR) is 90.5 cm³/mol. The lowest BCUT2D eigenvalue weighted by Crippen LogP contribution is -2.39. The smallest absolute Gasteiger partial charge is 0.248 e. The van der Waals surface area contributed by atoms with Crippen molar-refractivity contribution in [1.29, 1.82) is 0 Å². The van der Waals surface area contributed by atoms with Gasteiger partial charge in [0.25, 0.3) is 0 Å². The van der Waals surface area contributed by atoms with E-state index in [0.717, 1.165) is 36.9 Å². The molecule has 1 saturated carbocycles. The van der Waals surface area contributed by atoms with Crippen LogP contribution in [0.25, 0.3) is 0 Å². The van der Waals surface area contributed by atoms with E-state index in [4.69, 9.17) is 4.74 Å². The number of aromatic nitrogens is 3. The van der Waals surface area contributed by atoms with Crippen LogP contribution >= 0.6 is 0 Å². The van der Waals surface area contributed by atoms with Crippen molar-refractivity contribution in [2.45, 2.75) is 38.1 Å². The summed E-state index contributed by atoms with van der Waals surface area (Å²) in [6.45, 7) is 3.65. The van der Waals surface area contributed by atoms with Gasteiger partial charge in [-0.25, -0.2) is 0 Å². The quantitative estimate of drug-likeness (QED) is 0.776. The summed E-state index contributed by atoms with van der Waals surface area (Å²) in [6.07, 6.45) is 5.44. The summed E-state index contributed by atoms with van der Waals surface area (Å²) in [5.41, 5.74) is 2.23. The molecule has 3 rings (SSSR count). The Bertz CT molecular complexity index is 565. The molecule has 2 heterocycles. The molecular weight excluding hydrogens is 306 g/mol. The van der Waals surface area contributed by atoms with Gasteiger partial charge in [-0.2, -0.15) is 0 Å². The molecule has 7 heteroatoms. The molecule has 0 radical (unpaired) electrons. The number of nitrogens with zero attached hydrogens (tertiary/aromatic N) is 5. The van der Waals surface area contributed by atoms with Gasteiger partial charge in [-0.1, -0.05) is 18.1 Å². The van der Waals surface area contributed by atoms with Crippen molar-refractivity contribution < 1.29 is 9.53 Å². The molecule has 0 spiro atoms. The van der Waals surface area contributed by atoms with E-state index in [9.17, 15) is 4.79 Å².